The fourth-order valence-electron chi connectivity index (χ4n) is 3.46. The summed E-state index contributed by atoms with van der Waals surface area (Å²) >= 11 is 0. The SMILES string of the molecule is O[C@H]1[C@H](O)[C@@H](N(Cc2ccccc2)Cc2ccccc2)CC[C@@H]1O. The van der Waals surface area contributed by atoms with E-state index in [0.29, 0.717) is 25.9 Å². The highest BCUT2D eigenvalue weighted by molar-refractivity contribution is 5.17. The zero-order chi connectivity index (χ0) is 16.9. The van der Waals surface area contributed by atoms with E-state index in [4.69, 9.17) is 0 Å². The molecule has 0 aliphatic heterocycles. The van der Waals surface area contributed by atoms with Gasteiger partial charge in [0.2, 0.25) is 0 Å². The maximum Gasteiger partial charge on any atom is 0.107 e. The van der Waals surface area contributed by atoms with Gasteiger partial charge in [0, 0.05) is 19.1 Å². The molecule has 0 saturated heterocycles. The summed E-state index contributed by atoms with van der Waals surface area (Å²) in [5, 5.41) is 30.4. The maximum absolute atomic E-state index is 10.5. The molecule has 3 rings (SSSR count). The van der Waals surface area contributed by atoms with E-state index in [9.17, 15) is 15.3 Å². The van der Waals surface area contributed by atoms with Crippen LogP contribution >= 0.6 is 0 Å². The van der Waals surface area contributed by atoms with Crippen LogP contribution in [0, 0.1) is 0 Å². The predicted octanol–water partition coefficient (Wildman–Crippen LogP) is 1.93. The van der Waals surface area contributed by atoms with Crippen molar-refractivity contribution in [2.75, 3.05) is 0 Å². The molecule has 24 heavy (non-hydrogen) atoms. The Morgan fingerprint density at radius 2 is 1.21 bits per heavy atom. The Balaban J connectivity index is 1.81. The molecule has 0 aromatic heterocycles. The van der Waals surface area contributed by atoms with Crippen LogP contribution < -0.4 is 0 Å². The van der Waals surface area contributed by atoms with Crippen molar-refractivity contribution in [2.24, 2.45) is 0 Å². The zero-order valence-corrected chi connectivity index (χ0v) is 13.7. The molecule has 0 spiro atoms. The van der Waals surface area contributed by atoms with Crippen molar-refractivity contribution >= 4 is 0 Å². The van der Waals surface area contributed by atoms with Crippen molar-refractivity contribution in [1.82, 2.24) is 4.90 Å². The summed E-state index contributed by atoms with van der Waals surface area (Å²) in [6.45, 7) is 1.39. The maximum atomic E-state index is 10.5. The van der Waals surface area contributed by atoms with Gasteiger partial charge in [-0.15, -0.1) is 0 Å². The quantitative estimate of drug-likeness (QED) is 0.785. The number of aliphatic hydroxyl groups is 3. The Labute approximate surface area is 143 Å². The van der Waals surface area contributed by atoms with Gasteiger partial charge in [0.25, 0.3) is 0 Å². The van der Waals surface area contributed by atoms with E-state index in [-0.39, 0.29) is 6.04 Å². The van der Waals surface area contributed by atoms with E-state index < -0.39 is 18.3 Å². The topological polar surface area (TPSA) is 63.9 Å². The van der Waals surface area contributed by atoms with Crippen molar-refractivity contribution in [3.63, 3.8) is 0 Å². The van der Waals surface area contributed by atoms with E-state index in [0.717, 1.165) is 0 Å². The van der Waals surface area contributed by atoms with Gasteiger partial charge < -0.3 is 15.3 Å². The first kappa shape index (κ1) is 17.1. The first-order valence-electron chi connectivity index (χ1n) is 8.51. The molecule has 0 heterocycles. The van der Waals surface area contributed by atoms with Crippen molar-refractivity contribution < 1.29 is 15.3 Å². The number of aliphatic hydroxyl groups excluding tert-OH is 3. The van der Waals surface area contributed by atoms with Gasteiger partial charge in [-0.05, 0) is 24.0 Å². The number of benzene rings is 2. The highest BCUT2D eigenvalue weighted by atomic mass is 16.4. The molecule has 3 N–H and O–H groups in total. The lowest BCUT2D eigenvalue weighted by molar-refractivity contribution is -0.123. The Kier molecular flexibility index (Phi) is 5.63. The van der Waals surface area contributed by atoms with Gasteiger partial charge in [0.05, 0.1) is 12.2 Å². The molecular formula is C20H25NO3. The van der Waals surface area contributed by atoms with Crippen LogP contribution in [0.15, 0.2) is 60.7 Å². The largest absolute Gasteiger partial charge is 0.390 e. The minimum absolute atomic E-state index is 0.177. The Morgan fingerprint density at radius 1 is 0.708 bits per heavy atom. The molecular weight excluding hydrogens is 302 g/mol. The molecule has 2 aromatic carbocycles. The van der Waals surface area contributed by atoms with E-state index >= 15 is 0 Å². The lowest BCUT2D eigenvalue weighted by Crippen LogP contribution is -2.55. The normalized spacial score (nSPS) is 27.3. The number of hydrogen-bond acceptors (Lipinski definition) is 4. The van der Waals surface area contributed by atoms with Crippen LogP contribution in [0.3, 0.4) is 0 Å². The van der Waals surface area contributed by atoms with E-state index in [2.05, 4.69) is 29.2 Å². The van der Waals surface area contributed by atoms with Gasteiger partial charge in [-0.25, -0.2) is 0 Å². The first-order chi connectivity index (χ1) is 11.6. The summed E-state index contributed by atoms with van der Waals surface area (Å²) in [4.78, 5) is 2.20. The van der Waals surface area contributed by atoms with Gasteiger partial charge in [0.1, 0.15) is 6.10 Å². The Hall–Kier alpha value is -1.72. The van der Waals surface area contributed by atoms with Crippen molar-refractivity contribution in [3.8, 4) is 0 Å². The third kappa shape index (κ3) is 4.02. The third-order valence-corrected chi connectivity index (χ3v) is 4.82. The molecule has 1 fully saturated rings. The summed E-state index contributed by atoms with van der Waals surface area (Å²) in [5.41, 5.74) is 2.34. The van der Waals surface area contributed by atoms with Crippen molar-refractivity contribution in [1.29, 1.82) is 0 Å². The molecule has 2 aromatic rings. The molecule has 4 atom stereocenters. The summed E-state index contributed by atoms with van der Waals surface area (Å²) in [7, 11) is 0. The highest BCUT2D eigenvalue weighted by Crippen LogP contribution is 2.27. The molecule has 0 unspecified atom stereocenters. The second kappa shape index (κ2) is 7.90. The molecule has 0 bridgehead atoms. The van der Waals surface area contributed by atoms with Crippen LogP contribution in [0.4, 0.5) is 0 Å². The van der Waals surface area contributed by atoms with E-state index in [1.807, 2.05) is 36.4 Å². The smallest absolute Gasteiger partial charge is 0.107 e. The number of hydrogen-bond donors (Lipinski definition) is 3. The highest BCUT2D eigenvalue weighted by Gasteiger charge is 2.39. The second-order valence-corrected chi connectivity index (χ2v) is 6.57. The fraction of sp³-hybridized carbons (Fsp3) is 0.400. The van der Waals surface area contributed by atoms with E-state index in [1.165, 1.54) is 11.1 Å². The van der Waals surface area contributed by atoms with Gasteiger partial charge >= 0.3 is 0 Å². The van der Waals surface area contributed by atoms with Crippen LogP contribution in [0.2, 0.25) is 0 Å². The molecule has 128 valence electrons. The predicted molar refractivity (Wildman–Crippen MR) is 93.2 cm³/mol. The summed E-state index contributed by atoms with van der Waals surface area (Å²) in [5.74, 6) is 0. The van der Waals surface area contributed by atoms with Gasteiger partial charge in [0.15, 0.2) is 0 Å². The molecule has 1 aliphatic carbocycles. The fourth-order valence-corrected chi connectivity index (χ4v) is 3.46. The van der Waals surface area contributed by atoms with Crippen molar-refractivity contribution in [2.45, 2.75) is 50.3 Å². The van der Waals surface area contributed by atoms with Crippen LogP contribution in [0.1, 0.15) is 24.0 Å². The molecule has 4 nitrogen and oxygen atoms in total. The lowest BCUT2D eigenvalue weighted by atomic mass is 9.86. The third-order valence-electron chi connectivity index (χ3n) is 4.82. The Morgan fingerprint density at radius 3 is 1.71 bits per heavy atom. The Bertz CT molecular complexity index is 578. The second-order valence-electron chi connectivity index (χ2n) is 6.57. The number of nitrogens with zero attached hydrogens (tertiary/aromatic N) is 1. The van der Waals surface area contributed by atoms with Crippen LogP contribution in [-0.4, -0.2) is 44.6 Å². The lowest BCUT2D eigenvalue weighted by Gasteiger charge is -2.41. The van der Waals surface area contributed by atoms with Crippen LogP contribution in [0.25, 0.3) is 0 Å². The first-order valence-corrected chi connectivity index (χ1v) is 8.51. The molecule has 0 radical (unpaired) electrons. The van der Waals surface area contributed by atoms with Gasteiger partial charge in [-0.1, -0.05) is 60.7 Å². The molecule has 1 aliphatic rings. The molecule has 0 amide bonds. The summed E-state index contributed by atoms with van der Waals surface area (Å²) < 4.78 is 0. The van der Waals surface area contributed by atoms with Crippen LogP contribution in [0.5, 0.6) is 0 Å². The van der Waals surface area contributed by atoms with Crippen LogP contribution in [-0.2, 0) is 13.1 Å². The molecule has 1 saturated carbocycles. The average molecular weight is 327 g/mol. The minimum atomic E-state index is -1.09. The van der Waals surface area contributed by atoms with Gasteiger partial charge in [-0.2, -0.15) is 0 Å². The minimum Gasteiger partial charge on any atom is -0.390 e. The monoisotopic (exact) mass is 327 g/mol. The standard InChI is InChI=1S/C20H25NO3/c22-18-12-11-17(19(23)20(18)24)21(13-15-7-3-1-4-8-15)14-16-9-5-2-6-10-16/h1-10,17-20,22-24H,11-14H2/t17-,18-,19+,20+/m0/s1. The summed E-state index contributed by atoms with van der Waals surface area (Å²) in [6.07, 6.45) is -1.70. The molecule has 4 heteroatoms. The summed E-state index contributed by atoms with van der Waals surface area (Å²) in [6, 6.07) is 20.1. The van der Waals surface area contributed by atoms with E-state index in [1.54, 1.807) is 0 Å². The average Bonchev–Trinajstić information content (AvgIpc) is 2.61. The number of rotatable bonds is 5. The van der Waals surface area contributed by atoms with Gasteiger partial charge in [-0.3, -0.25) is 4.90 Å². The van der Waals surface area contributed by atoms with Crippen molar-refractivity contribution in [3.05, 3.63) is 71.8 Å². The zero-order valence-electron chi connectivity index (χ0n) is 13.7.